The number of hydrogen-bond donors (Lipinski definition) is 3. The van der Waals surface area contributed by atoms with Crippen molar-refractivity contribution in [3.8, 4) is 11.5 Å². The normalized spacial score (nSPS) is 14.8. The SMILES string of the molecule is CC(C)c1cccc(C(C)C)c1OC(=O)CCC(=O)NCCN1CCOCC1.CC(C)c1cccc(C(C)C)c1OC(=O)CCC(=O)O.NCCN1CCOCC1. The molecule has 320 valence electrons. The summed E-state index contributed by atoms with van der Waals surface area (Å²) in [5.74, 6) is 0.246. The van der Waals surface area contributed by atoms with Crippen molar-refractivity contribution in [3.05, 3.63) is 58.7 Å². The number of carboxylic acids is 1. The highest BCUT2D eigenvalue weighted by atomic mass is 16.5. The first kappa shape index (κ1) is 49.3. The fraction of sp³-hybridized carbons (Fsp3) is 0.636. The third-order valence-corrected chi connectivity index (χ3v) is 9.57. The summed E-state index contributed by atoms with van der Waals surface area (Å²) in [4.78, 5) is 51.3. The minimum Gasteiger partial charge on any atom is -0.481 e. The van der Waals surface area contributed by atoms with E-state index in [0.29, 0.717) is 18.0 Å². The van der Waals surface area contributed by atoms with E-state index in [1.165, 1.54) is 0 Å². The molecule has 2 aliphatic heterocycles. The predicted molar refractivity (Wildman–Crippen MR) is 223 cm³/mol. The number of nitrogens with one attached hydrogen (secondary N) is 1. The lowest BCUT2D eigenvalue weighted by molar-refractivity contribution is -0.142. The van der Waals surface area contributed by atoms with Crippen molar-refractivity contribution in [3.63, 3.8) is 0 Å². The first-order valence-electron chi connectivity index (χ1n) is 20.6. The standard InChI is InChI=1S/C22H34N2O4.C16H22O4.C6H14N2O/c1-16(2)18-6-5-7-19(17(3)4)22(18)28-21(26)9-8-20(25)23-10-11-24-12-14-27-15-13-24;1-10(2)12-6-5-7-13(11(3)4)16(12)20-15(19)9-8-14(17)18;7-1-2-8-3-5-9-6-4-8/h5-7,16-17H,8-15H2,1-4H3,(H,23,25);5-7,10-11H,8-9H2,1-4H3,(H,17,18);1-7H2. The molecule has 4 rings (SSSR count). The van der Waals surface area contributed by atoms with Crippen molar-refractivity contribution < 1.29 is 43.2 Å². The molecule has 0 bridgehead atoms. The van der Waals surface area contributed by atoms with Gasteiger partial charge in [0.15, 0.2) is 0 Å². The number of nitrogens with two attached hydrogens (primary N) is 1. The van der Waals surface area contributed by atoms with E-state index in [0.717, 1.165) is 94.5 Å². The molecule has 1 amide bonds. The van der Waals surface area contributed by atoms with Gasteiger partial charge in [-0.3, -0.25) is 29.0 Å². The Morgan fingerprint density at radius 1 is 0.632 bits per heavy atom. The van der Waals surface area contributed by atoms with Gasteiger partial charge in [-0.1, -0.05) is 91.8 Å². The third-order valence-electron chi connectivity index (χ3n) is 9.57. The fourth-order valence-electron chi connectivity index (χ4n) is 6.23. The van der Waals surface area contributed by atoms with Crippen LogP contribution in [0, 0.1) is 0 Å². The number of hydrogen-bond acceptors (Lipinski definition) is 11. The molecule has 0 aromatic heterocycles. The Kier molecular flexibility index (Phi) is 23.3. The number of aliphatic carboxylic acids is 1. The Morgan fingerprint density at radius 2 is 1.00 bits per heavy atom. The molecular formula is C44H70N4O9. The molecule has 0 spiro atoms. The maximum atomic E-state index is 12.4. The second-order valence-electron chi connectivity index (χ2n) is 15.5. The van der Waals surface area contributed by atoms with Gasteiger partial charge in [0, 0.05) is 58.8 Å². The van der Waals surface area contributed by atoms with Crippen molar-refractivity contribution in [2.24, 2.45) is 5.73 Å². The second-order valence-corrected chi connectivity index (χ2v) is 15.5. The number of morpholine rings is 2. The van der Waals surface area contributed by atoms with Gasteiger partial charge in [-0.2, -0.15) is 0 Å². The number of carbonyl (C=O) groups excluding carboxylic acids is 3. The van der Waals surface area contributed by atoms with Gasteiger partial charge in [-0.25, -0.2) is 0 Å². The van der Waals surface area contributed by atoms with E-state index < -0.39 is 11.9 Å². The average Bonchev–Trinajstić information content (AvgIpc) is 3.17. The van der Waals surface area contributed by atoms with Crippen LogP contribution < -0.4 is 20.5 Å². The number of esters is 2. The van der Waals surface area contributed by atoms with Gasteiger partial charge in [0.25, 0.3) is 0 Å². The van der Waals surface area contributed by atoms with Crippen LogP contribution in [-0.2, 0) is 28.7 Å². The quantitative estimate of drug-likeness (QED) is 0.125. The summed E-state index contributed by atoms with van der Waals surface area (Å²) >= 11 is 0. The molecule has 13 heteroatoms. The summed E-state index contributed by atoms with van der Waals surface area (Å²) in [5.41, 5.74) is 9.37. The van der Waals surface area contributed by atoms with Crippen molar-refractivity contribution in [1.29, 1.82) is 0 Å². The fourth-order valence-corrected chi connectivity index (χ4v) is 6.23. The minimum atomic E-state index is -0.997. The highest BCUT2D eigenvalue weighted by molar-refractivity contribution is 5.82. The Bertz CT molecular complexity index is 1460. The molecule has 13 nitrogen and oxygen atoms in total. The summed E-state index contributed by atoms with van der Waals surface area (Å²) in [5, 5.41) is 11.5. The summed E-state index contributed by atoms with van der Waals surface area (Å²) in [7, 11) is 0. The molecule has 2 fully saturated rings. The summed E-state index contributed by atoms with van der Waals surface area (Å²) < 4.78 is 21.6. The monoisotopic (exact) mass is 799 g/mol. The number of benzene rings is 2. The lowest BCUT2D eigenvalue weighted by Gasteiger charge is -2.26. The topological polar surface area (TPSA) is 170 Å². The van der Waals surface area contributed by atoms with Gasteiger partial charge in [-0.15, -0.1) is 0 Å². The van der Waals surface area contributed by atoms with Gasteiger partial charge in [-0.05, 0) is 45.9 Å². The smallest absolute Gasteiger partial charge is 0.311 e. The Hall–Kier alpha value is -3.88. The zero-order chi connectivity index (χ0) is 42.3. The summed E-state index contributed by atoms with van der Waals surface area (Å²) in [6, 6.07) is 11.8. The van der Waals surface area contributed by atoms with Crippen LogP contribution >= 0.6 is 0 Å². The predicted octanol–water partition coefficient (Wildman–Crippen LogP) is 6.05. The second kappa shape index (κ2) is 26.9. The number of amides is 1. The van der Waals surface area contributed by atoms with Crippen molar-refractivity contribution >= 4 is 23.8 Å². The Balaban J connectivity index is 0.000000334. The van der Waals surface area contributed by atoms with E-state index in [1.54, 1.807) is 0 Å². The van der Waals surface area contributed by atoms with Crippen LogP contribution in [0.5, 0.6) is 11.5 Å². The van der Waals surface area contributed by atoms with E-state index in [2.05, 4.69) is 42.8 Å². The van der Waals surface area contributed by atoms with Gasteiger partial charge in [0.1, 0.15) is 11.5 Å². The van der Waals surface area contributed by atoms with Crippen LogP contribution in [0.15, 0.2) is 36.4 Å². The number of para-hydroxylation sites is 2. The van der Waals surface area contributed by atoms with Crippen LogP contribution in [-0.4, -0.2) is 118 Å². The van der Waals surface area contributed by atoms with Crippen LogP contribution in [0.1, 0.15) is 127 Å². The maximum Gasteiger partial charge on any atom is 0.311 e. The number of rotatable bonds is 17. The van der Waals surface area contributed by atoms with E-state index in [9.17, 15) is 19.2 Å². The van der Waals surface area contributed by atoms with E-state index >= 15 is 0 Å². The largest absolute Gasteiger partial charge is 0.481 e. The molecular weight excluding hydrogens is 729 g/mol. The maximum absolute atomic E-state index is 12.4. The minimum absolute atomic E-state index is 0.0767. The lowest BCUT2D eigenvalue weighted by Crippen LogP contribution is -2.41. The van der Waals surface area contributed by atoms with Crippen molar-refractivity contribution in [2.45, 2.75) is 105 Å². The molecule has 0 radical (unpaired) electrons. The molecule has 57 heavy (non-hydrogen) atoms. The van der Waals surface area contributed by atoms with Crippen LogP contribution in [0.4, 0.5) is 0 Å². The number of ether oxygens (including phenoxy) is 4. The lowest BCUT2D eigenvalue weighted by atomic mass is 9.94. The van der Waals surface area contributed by atoms with Crippen molar-refractivity contribution in [2.75, 3.05) is 78.8 Å². The van der Waals surface area contributed by atoms with E-state index in [1.807, 2.05) is 64.1 Å². The third kappa shape index (κ3) is 19.0. The van der Waals surface area contributed by atoms with Gasteiger partial charge in [0.2, 0.25) is 5.91 Å². The molecule has 0 saturated carbocycles. The van der Waals surface area contributed by atoms with Crippen LogP contribution in [0.2, 0.25) is 0 Å². The van der Waals surface area contributed by atoms with Gasteiger partial charge >= 0.3 is 17.9 Å². The Morgan fingerprint density at radius 3 is 1.35 bits per heavy atom. The van der Waals surface area contributed by atoms with Crippen LogP contribution in [0.25, 0.3) is 0 Å². The molecule has 2 heterocycles. The molecule has 2 aliphatic rings. The van der Waals surface area contributed by atoms with Gasteiger partial charge < -0.3 is 35.1 Å². The number of carboxylic acid groups (broad SMARTS) is 1. The summed E-state index contributed by atoms with van der Waals surface area (Å²) in [6.07, 6.45) is -0.102. The molecule has 0 aliphatic carbocycles. The van der Waals surface area contributed by atoms with E-state index in [-0.39, 0.29) is 61.2 Å². The van der Waals surface area contributed by atoms with Crippen LogP contribution in [0.3, 0.4) is 0 Å². The highest BCUT2D eigenvalue weighted by Gasteiger charge is 2.20. The highest BCUT2D eigenvalue weighted by Crippen LogP contribution is 2.36. The van der Waals surface area contributed by atoms with E-state index in [4.69, 9.17) is 29.8 Å². The average molecular weight is 799 g/mol. The number of nitrogens with zero attached hydrogens (tertiary/aromatic N) is 2. The van der Waals surface area contributed by atoms with Gasteiger partial charge in [0.05, 0.1) is 45.7 Å². The summed E-state index contributed by atoms with van der Waals surface area (Å²) in [6.45, 7) is 26.8. The number of carbonyl (C=O) groups is 4. The Labute approximate surface area is 340 Å². The van der Waals surface area contributed by atoms with Crippen molar-refractivity contribution in [1.82, 2.24) is 15.1 Å². The molecule has 0 atom stereocenters. The molecule has 2 aromatic rings. The molecule has 4 N–H and O–H groups in total. The first-order chi connectivity index (χ1) is 27.1. The molecule has 0 unspecified atom stereocenters. The first-order valence-corrected chi connectivity index (χ1v) is 20.6. The molecule has 2 saturated heterocycles. The molecule has 2 aromatic carbocycles. The zero-order valence-electron chi connectivity index (χ0n) is 35.8. The zero-order valence-corrected chi connectivity index (χ0v) is 35.8.